The van der Waals surface area contributed by atoms with Crippen LogP contribution in [0.5, 0.6) is 0 Å². The van der Waals surface area contributed by atoms with Gasteiger partial charge in [0.25, 0.3) is 10.1 Å². The minimum atomic E-state index is -4.04. The Morgan fingerprint density at radius 3 is 1.32 bits per heavy atom. The normalized spacial score (nSPS) is 12.6. The van der Waals surface area contributed by atoms with Gasteiger partial charge in [-0.05, 0) is 19.3 Å². The Bertz CT molecular complexity index is 452. The van der Waals surface area contributed by atoms with Crippen LogP contribution >= 0.6 is 0 Å². The first-order chi connectivity index (χ1) is 14.5. The van der Waals surface area contributed by atoms with Crippen molar-refractivity contribution in [3.8, 4) is 0 Å². The molecule has 0 rings (SSSR count). The maximum atomic E-state index is 13.9. The molecular formula is C25H52FLiO3S. The topological polar surface area (TPSA) is 43.4 Å². The molecule has 0 aliphatic rings. The van der Waals surface area contributed by atoms with Crippen molar-refractivity contribution in [2.75, 3.05) is 6.61 Å². The molecule has 184 valence electrons. The van der Waals surface area contributed by atoms with Gasteiger partial charge in [-0.3, -0.25) is 4.18 Å². The Balaban J connectivity index is -0.00000420. The van der Waals surface area contributed by atoms with Crippen LogP contribution in [0.4, 0.5) is 4.39 Å². The molecule has 0 saturated heterocycles. The van der Waals surface area contributed by atoms with Crippen molar-refractivity contribution in [3.05, 3.63) is 0 Å². The molecule has 0 fully saturated rings. The quantitative estimate of drug-likeness (QED) is 0.102. The summed E-state index contributed by atoms with van der Waals surface area (Å²) < 4.78 is 42.5. The van der Waals surface area contributed by atoms with Gasteiger partial charge in [-0.15, -0.1) is 0 Å². The van der Waals surface area contributed by atoms with E-state index < -0.39 is 15.6 Å². The van der Waals surface area contributed by atoms with Crippen molar-refractivity contribution in [2.45, 2.75) is 154 Å². The molecular weight excluding hydrogens is 406 g/mol. The Morgan fingerprint density at radius 1 is 0.613 bits per heavy atom. The second kappa shape index (κ2) is 25.1. The van der Waals surface area contributed by atoms with E-state index in [0.717, 1.165) is 32.1 Å². The van der Waals surface area contributed by atoms with Crippen molar-refractivity contribution < 1.29 is 37.3 Å². The maximum Gasteiger partial charge on any atom is 1.00 e. The van der Waals surface area contributed by atoms with E-state index in [1.165, 1.54) is 83.5 Å². The van der Waals surface area contributed by atoms with E-state index in [1.807, 2.05) is 0 Å². The van der Waals surface area contributed by atoms with E-state index >= 15 is 0 Å². The minimum Gasteiger partial charge on any atom is -1.00 e. The summed E-state index contributed by atoms with van der Waals surface area (Å²) in [5.74, 6) is 0. The fourth-order valence-electron chi connectivity index (χ4n) is 3.78. The van der Waals surface area contributed by atoms with E-state index in [0.29, 0.717) is 12.8 Å². The largest absolute Gasteiger partial charge is 1.00 e. The molecule has 6 heteroatoms. The van der Waals surface area contributed by atoms with Gasteiger partial charge < -0.3 is 1.43 Å². The van der Waals surface area contributed by atoms with E-state index in [9.17, 15) is 12.8 Å². The van der Waals surface area contributed by atoms with E-state index in [4.69, 9.17) is 4.18 Å². The van der Waals surface area contributed by atoms with Crippen LogP contribution in [0.2, 0.25) is 0 Å². The second-order valence-electron chi connectivity index (χ2n) is 8.88. The summed E-state index contributed by atoms with van der Waals surface area (Å²) in [5, 5.41) is 0. The molecule has 0 aromatic rings. The number of alkyl halides is 1. The number of hydrogen-bond acceptors (Lipinski definition) is 3. The van der Waals surface area contributed by atoms with Crippen LogP contribution in [0.25, 0.3) is 0 Å². The van der Waals surface area contributed by atoms with Gasteiger partial charge >= 0.3 is 18.9 Å². The average Bonchev–Trinajstić information content (AvgIpc) is 2.73. The van der Waals surface area contributed by atoms with Gasteiger partial charge in [-0.25, -0.2) is 4.39 Å². The molecule has 1 atom stereocenters. The van der Waals surface area contributed by atoms with Crippen LogP contribution in [0, 0.1) is 0 Å². The van der Waals surface area contributed by atoms with Crippen molar-refractivity contribution in [2.24, 2.45) is 0 Å². The maximum absolute atomic E-state index is 13.9. The molecule has 0 heterocycles. The van der Waals surface area contributed by atoms with Gasteiger partial charge in [0.2, 0.25) is 5.50 Å². The van der Waals surface area contributed by atoms with Crippen molar-refractivity contribution in [3.63, 3.8) is 0 Å². The zero-order valence-electron chi connectivity index (χ0n) is 22.1. The van der Waals surface area contributed by atoms with Gasteiger partial charge in [0.15, 0.2) is 0 Å². The van der Waals surface area contributed by atoms with Crippen LogP contribution in [-0.2, 0) is 14.3 Å². The van der Waals surface area contributed by atoms with E-state index in [1.54, 1.807) is 0 Å². The Hall–Kier alpha value is 0.437. The molecule has 31 heavy (non-hydrogen) atoms. The summed E-state index contributed by atoms with van der Waals surface area (Å²) >= 11 is 0. The molecule has 0 bridgehead atoms. The zero-order valence-corrected chi connectivity index (χ0v) is 22.0. The SMILES string of the molecule is CCCCCCCCCCCCCCCCOS(=O)(=O)C(F)CCCCCCCC.[H-].[Li+]. The summed E-state index contributed by atoms with van der Waals surface area (Å²) in [7, 11) is -4.04. The number of unbranched alkanes of at least 4 members (excludes halogenated alkanes) is 18. The van der Waals surface area contributed by atoms with Crippen molar-refractivity contribution >= 4 is 10.1 Å². The summed E-state index contributed by atoms with van der Waals surface area (Å²) in [6, 6.07) is 0. The van der Waals surface area contributed by atoms with Crippen molar-refractivity contribution in [1.82, 2.24) is 0 Å². The first-order valence-corrected chi connectivity index (χ1v) is 14.5. The first-order valence-electron chi connectivity index (χ1n) is 13.1. The molecule has 0 N–H and O–H groups in total. The monoisotopic (exact) mass is 458 g/mol. The van der Waals surface area contributed by atoms with Crippen LogP contribution in [-0.4, -0.2) is 20.5 Å². The van der Waals surface area contributed by atoms with Gasteiger partial charge in [0, 0.05) is 0 Å². The molecule has 1 unspecified atom stereocenters. The Morgan fingerprint density at radius 2 is 0.935 bits per heavy atom. The summed E-state index contributed by atoms with van der Waals surface area (Å²) in [6.45, 7) is 4.53. The van der Waals surface area contributed by atoms with E-state index in [2.05, 4.69) is 13.8 Å². The Kier molecular flexibility index (Phi) is 27.2. The molecule has 0 aliphatic carbocycles. The second-order valence-corrected chi connectivity index (χ2v) is 10.6. The standard InChI is InChI=1S/C25H51FO3S.Li.H/c1-3-5-7-9-11-12-13-14-15-16-17-18-20-22-24-29-30(27,28)25(26)23-21-19-10-8-6-4-2;;/h25H,3-24H2,1-2H3;;/q;+1;-1. The third-order valence-electron chi connectivity index (χ3n) is 5.84. The number of hydrogen-bond donors (Lipinski definition) is 0. The minimum absolute atomic E-state index is 0. The fraction of sp³-hybridized carbons (Fsp3) is 1.00. The average molecular weight is 459 g/mol. The van der Waals surface area contributed by atoms with Crippen LogP contribution in [0.3, 0.4) is 0 Å². The fourth-order valence-corrected chi connectivity index (χ4v) is 4.73. The van der Waals surface area contributed by atoms with Crippen LogP contribution in [0.1, 0.15) is 150 Å². The number of halogens is 1. The molecule has 3 nitrogen and oxygen atoms in total. The molecule has 0 spiro atoms. The van der Waals surface area contributed by atoms with Crippen molar-refractivity contribution in [1.29, 1.82) is 0 Å². The number of rotatable bonds is 24. The predicted octanol–water partition coefficient (Wildman–Crippen LogP) is 5.98. The third kappa shape index (κ3) is 23.4. The van der Waals surface area contributed by atoms with Crippen LogP contribution in [0.15, 0.2) is 0 Å². The molecule has 0 aliphatic heterocycles. The Labute approximate surface area is 207 Å². The first kappa shape index (κ1) is 33.6. The summed E-state index contributed by atoms with van der Waals surface area (Å²) in [5.41, 5.74) is -1.87. The third-order valence-corrected chi connectivity index (χ3v) is 7.20. The van der Waals surface area contributed by atoms with Gasteiger partial charge in [0.1, 0.15) is 0 Å². The van der Waals surface area contributed by atoms with Crippen LogP contribution < -0.4 is 18.9 Å². The molecule has 0 aromatic carbocycles. The smallest absolute Gasteiger partial charge is 1.00 e. The molecule has 0 amide bonds. The molecule has 0 aromatic heterocycles. The molecule has 0 saturated carbocycles. The van der Waals surface area contributed by atoms with Gasteiger partial charge in [-0.1, -0.05) is 129 Å². The van der Waals surface area contributed by atoms with E-state index in [-0.39, 0.29) is 33.3 Å². The summed E-state index contributed by atoms with van der Waals surface area (Å²) in [4.78, 5) is 0. The van der Waals surface area contributed by atoms with Gasteiger partial charge in [0.05, 0.1) is 6.61 Å². The zero-order chi connectivity index (χ0) is 22.3. The van der Waals surface area contributed by atoms with Gasteiger partial charge in [-0.2, -0.15) is 8.42 Å². The predicted molar refractivity (Wildman–Crippen MR) is 129 cm³/mol. The molecule has 0 radical (unpaired) electrons. The summed E-state index contributed by atoms with van der Waals surface area (Å²) in [6.07, 6.45) is 23.6.